The Balaban J connectivity index is 1.52. The molecule has 1 aliphatic heterocycles. The summed E-state index contributed by atoms with van der Waals surface area (Å²) >= 11 is 0. The van der Waals surface area contributed by atoms with Crippen molar-refractivity contribution in [2.75, 3.05) is 22.7 Å². The first kappa shape index (κ1) is 22.0. The molecular weight excluding hydrogens is 459 g/mol. The van der Waals surface area contributed by atoms with Crippen LogP contribution >= 0.6 is 0 Å². The Morgan fingerprint density at radius 3 is 2.62 bits per heavy atom. The summed E-state index contributed by atoms with van der Waals surface area (Å²) in [5.41, 5.74) is 2.60. The van der Waals surface area contributed by atoms with Crippen LogP contribution in [-0.2, 0) is 17.1 Å². The molecule has 10 nitrogen and oxygen atoms in total. The molecule has 0 radical (unpaired) electrons. The first-order valence-corrected chi connectivity index (χ1v) is 12.3. The zero-order valence-electron chi connectivity index (χ0n) is 18.4. The van der Waals surface area contributed by atoms with E-state index < -0.39 is 16.0 Å². The van der Waals surface area contributed by atoms with Crippen molar-refractivity contribution in [3.63, 3.8) is 0 Å². The lowest BCUT2D eigenvalue weighted by Gasteiger charge is -2.35. The minimum Gasteiger partial charge on any atom is -0.369 e. The lowest BCUT2D eigenvalue weighted by Crippen LogP contribution is -2.34. The number of aromatic nitrogens is 6. The van der Waals surface area contributed by atoms with Gasteiger partial charge >= 0.3 is 0 Å². The third-order valence-electron chi connectivity index (χ3n) is 6.02. The highest BCUT2D eigenvalue weighted by atomic mass is 32.2. The second-order valence-corrected chi connectivity index (χ2v) is 9.85. The number of H-pyrrole nitrogens is 1. The van der Waals surface area contributed by atoms with E-state index in [2.05, 4.69) is 35.0 Å². The van der Waals surface area contributed by atoms with Gasteiger partial charge in [-0.15, -0.1) is 10.2 Å². The Morgan fingerprint density at radius 2 is 1.97 bits per heavy atom. The highest BCUT2D eigenvalue weighted by Crippen LogP contribution is 2.41. The molecule has 3 aromatic heterocycles. The summed E-state index contributed by atoms with van der Waals surface area (Å²) in [5.74, 6) is 0.623. The third-order valence-corrected chi connectivity index (χ3v) is 7.36. The van der Waals surface area contributed by atoms with E-state index in [-0.39, 0.29) is 10.8 Å². The molecule has 1 fully saturated rings. The molecule has 0 atom stereocenters. The van der Waals surface area contributed by atoms with Gasteiger partial charge in [-0.05, 0) is 31.0 Å². The number of hydrogen-bond donors (Lipinski definition) is 2. The summed E-state index contributed by atoms with van der Waals surface area (Å²) in [5, 5.41) is 14.5. The van der Waals surface area contributed by atoms with Gasteiger partial charge in [0.1, 0.15) is 17.0 Å². The number of nitrogens with zero attached hydrogens (tertiary/aromatic N) is 6. The maximum atomic E-state index is 13.5. The molecule has 2 N–H and O–H groups in total. The number of sulfonamides is 1. The second-order valence-electron chi connectivity index (χ2n) is 8.17. The molecule has 34 heavy (non-hydrogen) atoms. The summed E-state index contributed by atoms with van der Waals surface area (Å²) in [4.78, 5) is 5.97. The molecule has 4 heterocycles. The standard InChI is InChI=1S/C22H23FN8O2S/c1-30-14-27-28-22(30)15-7-9-31(10-8-15)21-18(16-5-6-20(23)24-11-16)3-2-4-19(21)29-34(32,33)17-12-25-26-13-17/h2-6,11-15,29H,7-10H2,1H3,(H,25,26). The van der Waals surface area contributed by atoms with Gasteiger partial charge in [0.25, 0.3) is 10.0 Å². The van der Waals surface area contributed by atoms with Crippen LogP contribution in [0.1, 0.15) is 24.6 Å². The Kier molecular flexibility index (Phi) is 5.74. The monoisotopic (exact) mass is 482 g/mol. The van der Waals surface area contributed by atoms with Crippen LogP contribution in [0.3, 0.4) is 0 Å². The normalized spacial score (nSPS) is 14.9. The Bertz CT molecular complexity index is 1380. The van der Waals surface area contributed by atoms with Crippen molar-refractivity contribution in [2.24, 2.45) is 7.05 Å². The van der Waals surface area contributed by atoms with Crippen molar-refractivity contribution in [2.45, 2.75) is 23.7 Å². The molecule has 0 bridgehead atoms. The Labute approximate surface area is 195 Å². The summed E-state index contributed by atoms with van der Waals surface area (Å²) in [7, 11) is -1.92. The second kappa shape index (κ2) is 8.86. The molecule has 12 heteroatoms. The number of halogens is 1. The number of nitrogens with one attached hydrogen (secondary N) is 2. The van der Waals surface area contributed by atoms with Gasteiger partial charge in [-0.3, -0.25) is 9.82 Å². The van der Waals surface area contributed by atoms with E-state index in [1.807, 2.05) is 17.7 Å². The van der Waals surface area contributed by atoms with Crippen molar-refractivity contribution in [3.05, 3.63) is 67.0 Å². The fourth-order valence-electron chi connectivity index (χ4n) is 4.35. The van der Waals surface area contributed by atoms with Crippen LogP contribution in [0, 0.1) is 5.95 Å². The van der Waals surface area contributed by atoms with Gasteiger partial charge in [-0.2, -0.15) is 9.49 Å². The van der Waals surface area contributed by atoms with Gasteiger partial charge < -0.3 is 9.47 Å². The first-order chi connectivity index (χ1) is 16.4. The summed E-state index contributed by atoms with van der Waals surface area (Å²) in [6.45, 7) is 1.37. The highest BCUT2D eigenvalue weighted by molar-refractivity contribution is 7.92. The summed E-state index contributed by atoms with van der Waals surface area (Å²) < 4.78 is 44.1. The van der Waals surface area contributed by atoms with Crippen LogP contribution in [0.2, 0.25) is 0 Å². The fourth-order valence-corrected chi connectivity index (χ4v) is 5.32. The van der Waals surface area contributed by atoms with E-state index in [1.54, 1.807) is 24.5 Å². The zero-order chi connectivity index (χ0) is 23.7. The molecule has 0 spiro atoms. The van der Waals surface area contributed by atoms with Crippen LogP contribution < -0.4 is 9.62 Å². The van der Waals surface area contributed by atoms with E-state index >= 15 is 0 Å². The van der Waals surface area contributed by atoms with Gasteiger partial charge in [-0.25, -0.2) is 13.4 Å². The molecule has 1 aliphatic rings. The molecule has 0 saturated carbocycles. The number of rotatable bonds is 6. The zero-order valence-corrected chi connectivity index (χ0v) is 19.2. The molecule has 5 rings (SSSR count). The number of hydrogen-bond acceptors (Lipinski definition) is 7. The molecule has 1 saturated heterocycles. The van der Waals surface area contributed by atoms with E-state index in [1.165, 1.54) is 24.7 Å². The average molecular weight is 483 g/mol. The number of pyridine rings is 1. The quantitative estimate of drug-likeness (QED) is 0.405. The van der Waals surface area contributed by atoms with Crippen molar-refractivity contribution < 1.29 is 12.8 Å². The highest BCUT2D eigenvalue weighted by Gasteiger charge is 2.28. The number of piperidine rings is 1. The van der Waals surface area contributed by atoms with Crippen LogP contribution in [0.25, 0.3) is 11.1 Å². The molecule has 1 aromatic carbocycles. The van der Waals surface area contributed by atoms with E-state index in [4.69, 9.17) is 0 Å². The topological polar surface area (TPSA) is 122 Å². The van der Waals surface area contributed by atoms with Crippen LogP contribution in [-0.4, -0.2) is 51.5 Å². The maximum absolute atomic E-state index is 13.5. The van der Waals surface area contributed by atoms with Gasteiger partial charge in [-0.1, -0.05) is 12.1 Å². The lowest BCUT2D eigenvalue weighted by atomic mass is 9.94. The number of aromatic amines is 1. The minimum absolute atomic E-state index is 0.0355. The number of aryl methyl sites for hydroxylation is 1. The molecular formula is C22H23FN8O2S. The van der Waals surface area contributed by atoms with Crippen LogP contribution in [0.15, 0.2) is 60.1 Å². The molecule has 4 aromatic rings. The largest absolute Gasteiger partial charge is 0.369 e. The van der Waals surface area contributed by atoms with Crippen molar-refractivity contribution in [1.29, 1.82) is 0 Å². The van der Waals surface area contributed by atoms with Crippen LogP contribution in [0.5, 0.6) is 0 Å². The minimum atomic E-state index is -3.86. The van der Waals surface area contributed by atoms with Crippen molar-refractivity contribution in [3.8, 4) is 11.1 Å². The first-order valence-electron chi connectivity index (χ1n) is 10.8. The SMILES string of the molecule is Cn1cnnc1C1CCN(c2c(NS(=O)(=O)c3cn[nH]c3)cccc2-c2ccc(F)nc2)CC1. The van der Waals surface area contributed by atoms with Gasteiger partial charge in [0.05, 0.1) is 17.6 Å². The average Bonchev–Trinajstić information content (AvgIpc) is 3.52. The Morgan fingerprint density at radius 1 is 1.15 bits per heavy atom. The lowest BCUT2D eigenvalue weighted by molar-refractivity contribution is 0.474. The summed E-state index contributed by atoms with van der Waals surface area (Å²) in [6.07, 6.45) is 7.38. The van der Waals surface area contributed by atoms with Crippen LogP contribution in [0.4, 0.5) is 15.8 Å². The molecule has 176 valence electrons. The Hall–Kier alpha value is -3.80. The predicted molar refractivity (Wildman–Crippen MR) is 124 cm³/mol. The maximum Gasteiger partial charge on any atom is 0.265 e. The number of para-hydroxylation sites is 1. The molecule has 0 amide bonds. The third kappa shape index (κ3) is 4.23. The molecule has 0 aliphatic carbocycles. The number of anilines is 2. The number of benzene rings is 1. The van der Waals surface area contributed by atoms with Gasteiger partial charge in [0.2, 0.25) is 5.95 Å². The van der Waals surface area contributed by atoms with Crippen molar-refractivity contribution in [1.82, 2.24) is 29.9 Å². The van der Waals surface area contributed by atoms with E-state index in [0.29, 0.717) is 24.3 Å². The van der Waals surface area contributed by atoms with Gasteiger partial charge in [0, 0.05) is 49.6 Å². The van der Waals surface area contributed by atoms with E-state index in [9.17, 15) is 12.8 Å². The predicted octanol–water partition coefficient (Wildman–Crippen LogP) is 2.92. The fraction of sp³-hybridized carbons (Fsp3) is 0.273. The smallest absolute Gasteiger partial charge is 0.265 e. The summed E-state index contributed by atoms with van der Waals surface area (Å²) in [6, 6.07) is 8.31. The van der Waals surface area contributed by atoms with E-state index in [0.717, 1.165) is 29.9 Å². The van der Waals surface area contributed by atoms with Gasteiger partial charge in [0.15, 0.2) is 0 Å². The van der Waals surface area contributed by atoms with Crippen molar-refractivity contribution >= 4 is 21.4 Å². The molecule has 0 unspecified atom stereocenters.